The zero-order valence-corrected chi connectivity index (χ0v) is 15.6. The van der Waals surface area contributed by atoms with E-state index in [1.807, 2.05) is 6.07 Å². The summed E-state index contributed by atoms with van der Waals surface area (Å²) in [5, 5.41) is 6.04. The number of thiophene rings is 1. The third-order valence-corrected chi connectivity index (χ3v) is 5.94. The van der Waals surface area contributed by atoms with Crippen molar-refractivity contribution in [2.24, 2.45) is 0 Å². The summed E-state index contributed by atoms with van der Waals surface area (Å²) < 4.78 is 0. The number of amides is 2. The molecule has 1 aromatic heterocycles. The van der Waals surface area contributed by atoms with E-state index in [0.29, 0.717) is 13.1 Å². The lowest BCUT2D eigenvalue weighted by Crippen LogP contribution is -2.41. The van der Waals surface area contributed by atoms with E-state index < -0.39 is 0 Å². The molecular formula is C20H27N3OS. The highest BCUT2D eigenvalue weighted by Crippen LogP contribution is 2.24. The topological polar surface area (TPSA) is 44.4 Å². The Kier molecular flexibility index (Phi) is 6.48. The fourth-order valence-corrected chi connectivity index (χ4v) is 4.21. The van der Waals surface area contributed by atoms with Crippen molar-refractivity contribution >= 4 is 17.4 Å². The fourth-order valence-electron chi connectivity index (χ4n) is 3.31. The molecule has 1 fully saturated rings. The lowest BCUT2D eigenvalue weighted by molar-refractivity contribution is 0.220. The summed E-state index contributed by atoms with van der Waals surface area (Å²) in [6, 6.07) is 14.9. The van der Waals surface area contributed by atoms with Gasteiger partial charge in [-0.25, -0.2) is 4.79 Å². The molecule has 2 N–H and O–H groups in total. The molecular weight excluding hydrogens is 330 g/mol. The Hall–Kier alpha value is -1.85. The summed E-state index contributed by atoms with van der Waals surface area (Å²) in [6.07, 6.45) is 3.53. The van der Waals surface area contributed by atoms with Crippen LogP contribution < -0.4 is 10.6 Å². The van der Waals surface area contributed by atoms with Crippen LogP contribution in [0.3, 0.4) is 0 Å². The minimum atomic E-state index is -0.0911. The van der Waals surface area contributed by atoms with Crippen LogP contribution in [0.25, 0.3) is 0 Å². The first kappa shape index (κ1) is 18.0. The minimum absolute atomic E-state index is 0.0911. The Morgan fingerprint density at radius 2 is 1.80 bits per heavy atom. The van der Waals surface area contributed by atoms with Gasteiger partial charge in [0.25, 0.3) is 0 Å². The fraction of sp³-hybridized carbons (Fsp3) is 0.450. The van der Waals surface area contributed by atoms with Crippen LogP contribution in [-0.4, -0.2) is 30.6 Å². The molecule has 0 radical (unpaired) electrons. The summed E-state index contributed by atoms with van der Waals surface area (Å²) in [7, 11) is 0. The lowest BCUT2D eigenvalue weighted by atomic mass is 10.1. The van der Waals surface area contributed by atoms with Crippen LogP contribution in [0.15, 0.2) is 42.5 Å². The van der Waals surface area contributed by atoms with Gasteiger partial charge in [-0.2, -0.15) is 0 Å². The number of nitrogens with one attached hydrogen (secondary N) is 2. The number of benzene rings is 1. The predicted octanol–water partition coefficient (Wildman–Crippen LogP) is 3.95. The predicted molar refractivity (Wildman–Crippen MR) is 104 cm³/mol. The molecule has 2 amide bonds. The molecule has 1 unspecified atom stereocenters. The second-order valence-electron chi connectivity index (χ2n) is 6.45. The molecule has 0 bridgehead atoms. The van der Waals surface area contributed by atoms with E-state index in [1.165, 1.54) is 28.2 Å². The summed E-state index contributed by atoms with van der Waals surface area (Å²) in [4.78, 5) is 17.2. The Bertz CT molecular complexity index is 665. The molecule has 0 aliphatic carbocycles. The number of carbonyl (C=O) groups is 1. The molecule has 1 aromatic carbocycles. The molecule has 134 valence electrons. The molecule has 1 atom stereocenters. The number of urea groups is 1. The van der Waals surface area contributed by atoms with Crippen molar-refractivity contribution in [3.8, 4) is 0 Å². The molecule has 25 heavy (non-hydrogen) atoms. The third kappa shape index (κ3) is 5.06. The monoisotopic (exact) mass is 357 g/mol. The average molecular weight is 358 g/mol. The summed E-state index contributed by atoms with van der Waals surface area (Å²) >= 11 is 1.77. The number of aryl methyl sites for hydroxylation is 1. The van der Waals surface area contributed by atoms with Gasteiger partial charge < -0.3 is 10.6 Å². The maximum absolute atomic E-state index is 12.2. The largest absolute Gasteiger partial charge is 0.336 e. The summed E-state index contributed by atoms with van der Waals surface area (Å²) in [5.74, 6) is 0. The molecule has 3 rings (SSSR count). The second-order valence-corrected chi connectivity index (χ2v) is 7.71. The van der Waals surface area contributed by atoms with Gasteiger partial charge in [0.1, 0.15) is 0 Å². The Labute approximate surface area is 154 Å². The molecule has 0 saturated carbocycles. The van der Waals surface area contributed by atoms with Crippen molar-refractivity contribution in [1.29, 1.82) is 0 Å². The molecule has 1 aliphatic rings. The molecule has 1 saturated heterocycles. The van der Waals surface area contributed by atoms with Crippen molar-refractivity contribution in [3.63, 3.8) is 0 Å². The first-order valence-corrected chi connectivity index (χ1v) is 9.96. The average Bonchev–Trinajstić information content (AvgIpc) is 3.33. The van der Waals surface area contributed by atoms with Crippen molar-refractivity contribution < 1.29 is 4.79 Å². The van der Waals surface area contributed by atoms with Crippen LogP contribution in [0.1, 0.15) is 41.1 Å². The smallest absolute Gasteiger partial charge is 0.315 e. The molecule has 0 spiro atoms. The maximum atomic E-state index is 12.2. The van der Waals surface area contributed by atoms with Crippen molar-refractivity contribution in [2.45, 2.75) is 38.8 Å². The van der Waals surface area contributed by atoms with Gasteiger partial charge in [0, 0.05) is 16.3 Å². The van der Waals surface area contributed by atoms with Crippen LogP contribution >= 0.6 is 11.3 Å². The van der Waals surface area contributed by atoms with Crippen LogP contribution in [0.4, 0.5) is 4.79 Å². The highest BCUT2D eigenvalue weighted by molar-refractivity contribution is 7.11. The van der Waals surface area contributed by atoms with E-state index in [4.69, 9.17) is 0 Å². The number of hydrogen-bond acceptors (Lipinski definition) is 3. The summed E-state index contributed by atoms with van der Waals surface area (Å²) in [6.45, 7) is 5.60. The second kappa shape index (κ2) is 9.02. The van der Waals surface area contributed by atoms with Gasteiger partial charge >= 0.3 is 6.03 Å². The quantitative estimate of drug-likeness (QED) is 0.788. The van der Waals surface area contributed by atoms with E-state index in [2.05, 4.69) is 58.9 Å². The van der Waals surface area contributed by atoms with E-state index in [0.717, 1.165) is 19.5 Å². The van der Waals surface area contributed by atoms with Gasteiger partial charge in [0.05, 0.1) is 12.6 Å². The normalized spacial score (nSPS) is 15.9. The van der Waals surface area contributed by atoms with Gasteiger partial charge in [-0.05, 0) is 50.0 Å². The molecule has 2 heterocycles. The van der Waals surface area contributed by atoms with Gasteiger partial charge in [-0.3, -0.25) is 4.90 Å². The van der Waals surface area contributed by atoms with Crippen LogP contribution in [0, 0.1) is 0 Å². The van der Waals surface area contributed by atoms with Gasteiger partial charge in [-0.15, -0.1) is 11.3 Å². The van der Waals surface area contributed by atoms with E-state index in [9.17, 15) is 4.79 Å². The van der Waals surface area contributed by atoms with E-state index in [-0.39, 0.29) is 12.1 Å². The molecule has 4 nitrogen and oxygen atoms in total. The van der Waals surface area contributed by atoms with Crippen molar-refractivity contribution in [1.82, 2.24) is 15.5 Å². The number of nitrogens with zero attached hydrogens (tertiary/aromatic N) is 1. The number of hydrogen-bond donors (Lipinski definition) is 2. The first-order valence-electron chi connectivity index (χ1n) is 9.14. The summed E-state index contributed by atoms with van der Waals surface area (Å²) in [5.41, 5.74) is 1.27. The lowest BCUT2D eigenvalue weighted by Gasteiger charge is -2.28. The van der Waals surface area contributed by atoms with Crippen LogP contribution in [0.2, 0.25) is 0 Å². The van der Waals surface area contributed by atoms with Crippen LogP contribution in [-0.2, 0) is 13.0 Å². The third-order valence-electron chi connectivity index (χ3n) is 4.71. The van der Waals surface area contributed by atoms with Crippen molar-refractivity contribution in [2.75, 3.05) is 19.6 Å². The van der Waals surface area contributed by atoms with E-state index >= 15 is 0 Å². The van der Waals surface area contributed by atoms with Gasteiger partial charge in [-0.1, -0.05) is 37.3 Å². The highest BCUT2D eigenvalue weighted by Gasteiger charge is 2.23. The minimum Gasteiger partial charge on any atom is -0.336 e. The van der Waals surface area contributed by atoms with Crippen LogP contribution in [0.5, 0.6) is 0 Å². The van der Waals surface area contributed by atoms with Gasteiger partial charge in [0.15, 0.2) is 0 Å². The van der Waals surface area contributed by atoms with Crippen molar-refractivity contribution in [3.05, 3.63) is 57.8 Å². The number of rotatable bonds is 7. The zero-order valence-electron chi connectivity index (χ0n) is 14.8. The molecule has 5 heteroatoms. The first-order chi connectivity index (χ1) is 12.3. The zero-order chi connectivity index (χ0) is 17.5. The van der Waals surface area contributed by atoms with E-state index in [1.54, 1.807) is 11.3 Å². The Morgan fingerprint density at radius 3 is 2.48 bits per heavy atom. The SMILES string of the molecule is CCc1ccc(CNC(=O)NCC(c2ccccc2)N2CCCC2)s1. The Balaban J connectivity index is 1.52. The standard InChI is InChI=1S/C20H27N3OS/c1-2-17-10-11-18(25-17)14-21-20(24)22-15-19(23-12-6-7-13-23)16-8-4-3-5-9-16/h3-5,8-11,19H,2,6-7,12-15H2,1H3,(H2,21,22,24). The van der Waals surface area contributed by atoms with Gasteiger partial charge in [0.2, 0.25) is 0 Å². The molecule has 2 aromatic rings. The maximum Gasteiger partial charge on any atom is 0.315 e. The molecule has 1 aliphatic heterocycles. The number of likely N-dealkylation sites (tertiary alicyclic amines) is 1. The Morgan fingerprint density at radius 1 is 1.08 bits per heavy atom. The number of carbonyl (C=O) groups excluding carboxylic acids is 1. The highest BCUT2D eigenvalue weighted by atomic mass is 32.1.